The van der Waals surface area contributed by atoms with Crippen LogP contribution < -0.4 is 10.1 Å². The minimum atomic E-state index is -0.250. The van der Waals surface area contributed by atoms with Crippen molar-refractivity contribution in [2.45, 2.75) is 44.4 Å². The Morgan fingerprint density at radius 1 is 1.22 bits per heavy atom. The first-order chi connectivity index (χ1) is 13.0. The number of ether oxygens (including phenoxy) is 1. The van der Waals surface area contributed by atoms with Crippen LogP contribution >= 0.6 is 0 Å². The maximum Gasteiger partial charge on any atom is 0.273 e. The maximum absolute atomic E-state index is 12.8. The van der Waals surface area contributed by atoms with Crippen LogP contribution in [-0.4, -0.2) is 48.9 Å². The van der Waals surface area contributed by atoms with Gasteiger partial charge in [0.25, 0.3) is 5.91 Å². The van der Waals surface area contributed by atoms with Crippen LogP contribution in [0.2, 0.25) is 0 Å². The fourth-order valence-corrected chi connectivity index (χ4v) is 3.44. The summed E-state index contributed by atoms with van der Waals surface area (Å²) in [5.41, 5.74) is 1.50. The maximum atomic E-state index is 12.8. The summed E-state index contributed by atoms with van der Waals surface area (Å²) in [6, 6.07) is 1.99. The van der Waals surface area contributed by atoms with E-state index >= 15 is 0 Å². The van der Waals surface area contributed by atoms with Crippen LogP contribution in [0.3, 0.4) is 0 Å². The fraction of sp³-hybridized carbons (Fsp3) is 0.667. The van der Waals surface area contributed by atoms with Crippen molar-refractivity contribution < 1.29 is 14.3 Å². The normalized spacial score (nSPS) is 20.1. The minimum Gasteiger partial charge on any atom is -0.491 e. The first-order valence-corrected chi connectivity index (χ1v) is 10.1. The Balaban J connectivity index is 1.44. The van der Waals surface area contributed by atoms with Gasteiger partial charge in [0.15, 0.2) is 11.4 Å². The van der Waals surface area contributed by atoms with Crippen LogP contribution in [0, 0.1) is 17.8 Å². The molecule has 2 amide bonds. The van der Waals surface area contributed by atoms with Gasteiger partial charge >= 0.3 is 0 Å². The lowest BCUT2D eigenvalue weighted by Gasteiger charge is -2.21. The monoisotopic (exact) mass is 371 g/mol. The van der Waals surface area contributed by atoms with Gasteiger partial charge in [-0.1, -0.05) is 0 Å². The van der Waals surface area contributed by atoms with Crippen LogP contribution in [0.25, 0.3) is 0 Å². The highest BCUT2D eigenvalue weighted by molar-refractivity contribution is 5.95. The van der Waals surface area contributed by atoms with Gasteiger partial charge in [0.1, 0.15) is 0 Å². The van der Waals surface area contributed by atoms with Gasteiger partial charge in [-0.05, 0) is 67.9 Å². The van der Waals surface area contributed by atoms with Crippen molar-refractivity contribution >= 4 is 11.8 Å². The lowest BCUT2D eigenvalue weighted by molar-refractivity contribution is -0.133. The summed E-state index contributed by atoms with van der Waals surface area (Å²) in [7, 11) is 3.53. The Morgan fingerprint density at radius 3 is 2.56 bits per heavy atom. The molecule has 0 radical (unpaired) electrons. The third-order valence-corrected chi connectivity index (χ3v) is 5.74. The molecule has 4 rings (SSSR count). The Bertz CT molecular complexity index is 721. The first kappa shape index (κ1) is 18.3. The van der Waals surface area contributed by atoms with E-state index in [9.17, 15) is 9.59 Å². The SMILES string of the molecule is CN(C)C(=O)[C@H](CNC(=O)c1ncc(C2CC2)cc1OCC1CC1)C1CC1. The zero-order valence-corrected chi connectivity index (χ0v) is 16.2. The molecule has 3 aliphatic carbocycles. The highest BCUT2D eigenvalue weighted by Crippen LogP contribution is 2.41. The predicted octanol–water partition coefficient (Wildman–Crippen LogP) is 2.59. The fourth-order valence-electron chi connectivity index (χ4n) is 3.44. The molecule has 1 heterocycles. The van der Waals surface area contributed by atoms with E-state index in [-0.39, 0.29) is 17.7 Å². The second-order valence-corrected chi connectivity index (χ2v) is 8.53. The van der Waals surface area contributed by atoms with Crippen LogP contribution in [0.4, 0.5) is 0 Å². The molecule has 6 nitrogen and oxygen atoms in total. The van der Waals surface area contributed by atoms with Gasteiger partial charge in [-0.3, -0.25) is 9.59 Å². The molecule has 1 atom stereocenters. The van der Waals surface area contributed by atoms with E-state index in [1.807, 2.05) is 6.07 Å². The van der Waals surface area contributed by atoms with Gasteiger partial charge in [0.2, 0.25) is 5.91 Å². The summed E-state index contributed by atoms with van der Waals surface area (Å²) < 4.78 is 5.95. The quantitative estimate of drug-likeness (QED) is 0.724. The number of carbonyl (C=O) groups is 2. The van der Waals surface area contributed by atoms with E-state index in [0.29, 0.717) is 42.3 Å². The van der Waals surface area contributed by atoms with Crippen molar-refractivity contribution in [3.8, 4) is 5.75 Å². The molecular formula is C21H29N3O3. The average molecular weight is 371 g/mol. The van der Waals surface area contributed by atoms with Gasteiger partial charge in [-0.2, -0.15) is 0 Å². The molecule has 0 bridgehead atoms. The van der Waals surface area contributed by atoms with Crippen molar-refractivity contribution in [2.24, 2.45) is 17.8 Å². The van der Waals surface area contributed by atoms with Gasteiger partial charge < -0.3 is 15.0 Å². The van der Waals surface area contributed by atoms with Gasteiger partial charge in [0.05, 0.1) is 12.5 Å². The minimum absolute atomic E-state index is 0.0834. The number of nitrogens with one attached hydrogen (secondary N) is 1. The molecule has 0 saturated heterocycles. The molecule has 1 aromatic rings. The third kappa shape index (κ3) is 4.60. The van der Waals surface area contributed by atoms with Gasteiger partial charge in [0, 0.05) is 26.8 Å². The molecule has 3 aliphatic rings. The van der Waals surface area contributed by atoms with Crippen LogP contribution in [0.15, 0.2) is 12.3 Å². The second kappa shape index (κ2) is 7.49. The Morgan fingerprint density at radius 2 is 1.96 bits per heavy atom. The highest BCUT2D eigenvalue weighted by atomic mass is 16.5. The Hall–Kier alpha value is -2.11. The van der Waals surface area contributed by atoms with E-state index in [1.165, 1.54) is 25.7 Å². The van der Waals surface area contributed by atoms with Crippen molar-refractivity contribution in [1.29, 1.82) is 0 Å². The topological polar surface area (TPSA) is 71.5 Å². The molecule has 1 aromatic heterocycles. The summed E-state index contributed by atoms with van der Waals surface area (Å²) >= 11 is 0. The lowest BCUT2D eigenvalue weighted by Crippen LogP contribution is -2.39. The molecule has 0 aliphatic heterocycles. The molecule has 6 heteroatoms. The Labute approximate surface area is 160 Å². The van der Waals surface area contributed by atoms with Crippen molar-refractivity contribution in [1.82, 2.24) is 15.2 Å². The number of nitrogens with zero attached hydrogens (tertiary/aromatic N) is 2. The molecule has 0 spiro atoms. The van der Waals surface area contributed by atoms with Gasteiger partial charge in [-0.15, -0.1) is 0 Å². The smallest absolute Gasteiger partial charge is 0.273 e. The van der Waals surface area contributed by atoms with Crippen LogP contribution in [-0.2, 0) is 4.79 Å². The molecule has 3 fully saturated rings. The van der Waals surface area contributed by atoms with E-state index in [4.69, 9.17) is 4.74 Å². The standard InChI is InChI=1S/C21H29N3O3/c1-24(2)21(26)17(15-7-8-15)11-23-20(25)19-18(27-12-13-3-4-13)9-16(10-22-19)14-5-6-14/h9-10,13-15,17H,3-8,11-12H2,1-2H3,(H,23,25)/t17-/m1/s1. The lowest BCUT2D eigenvalue weighted by atomic mass is 10.0. The van der Waals surface area contributed by atoms with Crippen LogP contribution in [0.1, 0.15) is 60.5 Å². The van der Waals surface area contributed by atoms with Crippen molar-refractivity contribution in [3.63, 3.8) is 0 Å². The molecule has 146 valence electrons. The van der Waals surface area contributed by atoms with E-state index < -0.39 is 0 Å². The zero-order chi connectivity index (χ0) is 19.0. The number of aromatic nitrogens is 1. The van der Waals surface area contributed by atoms with E-state index in [0.717, 1.165) is 18.4 Å². The summed E-state index contributed by atoms with van der Waals surface area (Å²) in [5.74, 6) is 1.84. The average Bonchev–Trinajstić information content (AvgIpc) is 3.47. The summed E-state index contributed by atoms with van der Waals surface area (Å²) in [6.07, 6.45) is 8.70. The van der Waals surface area contributed by atoms with Crippen LogP contribution in [0.5, 0.6) is 5.75 Å². The highest BCUT2D eigenvalue weighted by Gasteiger charge is 2.37. The summed E-state index contributed by atoms with van der Waals surface area (Å²) in [4.78, 5) is 31.2. The van der Waals surface area contributed by atoms with E-state index in [2.05, 4.69) is 10.3 Å². The molecule has 0 aromatic carbocycles. The van der Waals surface area contributed by atoms with Crippen molar-refractivity contribution in [2.75, 3.05) is 27.2 Å². The van der Waals surface area contributed by atoms with E-state index in [1.54, 1.807) is 25.2 Å². The van der Waals surface area contributed by atoms with Crippen molar-refractivity contribution in [3.05, 3.63) is 23.5 Å². The number of hydrogen-bond acceptors (Lipinski definition) is 4. The largest absolute Gasteiger partial charge is 0.491 e. The molecule has 1 N–H and O–H groups in total. The molecular weight excluding hydrogens is 342 g/mol. The predicted molar refractivity (Wildman–Crippen MR) is 102 cm³/mol. The second-order valence-electron chi connectivity index (χ2n) is 8.53. The zero-order valence-electron chi connectivity index (χ0n) is 16.2. The number of hydrogen-bond donors (Lipinski definition) is 1. The number of pyridine rings is 1. The number of amides is 2. The summed E-state index contributed by atoms with van der Waals surface area (Å²) in [5, 5.41) is 2.94. The molecule has 0 unspecified atom stereocenters. The summed E-state index contributed by atoms with van der Waals surface area (Å²) in [6.45, 7) is 1.01. The number of rotatable bonds is 9. The number of carbonyl (C=O) groups excluding carboxylic acids is 2. The first-order valence-electron chi connectivity index (χ1n) is 10.1. The third-order valence-electron chi connectivity index (χ3n) is 5.74. The molecule has 27 heavy (non-hydrogen) atoms. The van der Waals surface area contributed by atoms with Gasteiger partial charge in [-0.25, -0.2) is 4.98 Å². The molecule has 3 saturated carbocycles. The Kier molecular flexibility index (Phi) is 5.06.